The number of allylic oxidation sites excluding steroid dienone is 1. The Morgan fingerprint density at radius 3 is 2.21 bits per heavy atom. The smallest absolute Gasteiger partial charge is 0.303 e. The second kappa shape index (κ2) is 9.07. The Kier molecular flexibility index (Phi) is 7.32. The predicted molar refractivity (Wildman–Crippen MR) is 138 cm³/mol. The van der Waals surface area contributed by atoms with Crippen LogP contribution in [0.1, 0.15) is 106 Å². The van der Waals surface area contributed by atoms with Gasteiger partial charge in [0.2, 0.25) is 0 Å². The van der Waals surface area contributed by atoms with E-state index in [0.29, 0.717) is 30.6 Å². The standard InChI is InChI=1S/C30H50O4/c1-20(2)21-12-19-29(7)24(27(21,5)17-14-25(31)32)11-10-22-23(13-18-28(22,29)6)30(8,34)16-9-15-26(3,4)33/h9,15,21-24,33-34H,1,10-14,16-19H2,2-8H3,(H,31,32)/t21?,22-,23-,24+,27-,28-,29+,30-/m0/s1. The fraction of sp³-hybridized carbons (Fsp3) is 0.833. The maximum atomic E-state index is 11.6. The van der Waals surface area contributed by atoms with Crippen molar-refractivity contribution in [2.75, 3.05) is 0 Å². The molecule has 0 aliphatic heterocycles. The Hall–Kier alpha value is -1.13. The molecule has 194 valence electrons. The Morgan fingerprint density at radius 1 is 1.03 bits per heavy atom. The summed E-state index contributed by atoms with van der Waals surface area (Å²) >= 11 is 0. The maximum Gasteiger partial charge on any atom is 0.303 e. The van der Waals surface area contributed by atoms with Crippen molar-refractivity contribution >= 4 is 5.97 Å². The van der Waals surface area contributed by atoms with Crippen molar-refractivity contribution in [1.29, 1.82) is 0 Å². The third-order valence-corrected chi connectivity index (χ3v) is 11.0. The van der Waals surface area contributed by atoms with Crippen LogP contribution in [0.3, 0.4) is 0 Å². The minimum atomic E-state index is -0.867. The number of carboxylic acid groups (broad SMARTS) is 1. The number of carboxylic acids is 1. The van der Waals surface area contributed by atoms with Crippen molar-refractivity contribution in [3.05, 3.63) is 24.3 Å². The number of aliphatic carboxylic acids is 1. The third kappa shape index (κ3) is 4.66. The molecule has 0 spiro atoms. The summed E-state index contributed by atoms with van der Waals surface area (Å²) in [6.45, 7) is 19.3. The van der Waals surface area contributed by atoms with E-state index in [2.05, 4.69) is 34.3 Å². The van der Waals surface area contributed by atoms with E-state index in [9.17, 15) is 20.1 Å². The van der Waals surface area contributed by atoms with E-state index in [0.717, 1.165) is 38.5 Å². The van der Waals surface area contributed by atoms with Crippen LogP contribution < -0.4 is 0 Å². The number of aliphatic hydroxyl groups is 2. The molecular formula is C30H50O4. The van der Waals surface area contributed by atoms with Gasteiger partial charge in [0.25, 0.3) is 0 Å². The van der Waals surface area contributed by atoms with E-state index >= 15 is 0 Å². The van der Waals surface area contributed by atoms with E-state index in [1.165, 1.54) is 5.57 Å². The van der Waals surface area contributed by atoms with E-state index < -0.39 is 17.2 Å². The summed E-state index contributed by atoms with van der Waals surface area (Å²) in [4.78, 5) is 11.6. The molecule has 3 fully saturated rings. The van der Waals surface area contributed by atoms with Gasteiger partial charge in [0, 0.05) is 6.42 Å². The van der Waals surface area contributed by atoms with Gasteiger partial charge in [-0.3, -0.25) is 4.79 Å². The van der Waals surface area contributed by atoms with Crippen molar-refractivity contribution in [3.8, 4) is 0 Å². The van der Waals surface area contributed by atoms with Crippen LogP contribution in [0.2, 0.25) is 0 Å². The minimum absolute atomic E-state index is 0.0543. The molecule has 0 bridgehead atoms. The van der Waals surface area contributed by atoms with Gasteiger partial charge in [-0.05, 0) is 119 Å². The molecule has 0 aromatic carbocycles. The molecule has 0 saturated heterocycles. The fourth-order valence-electron chi connectivity index (χ4n) is 9.13. The lowest BCUT2D eigenvalue weighted by Gasteiger charge is -2.66. The summed E-state index contributed by atoms with van der Waals surface area (Å²) in [6.07, 6.45) is 11.8. The summed E-state index contributed by atoms with van der Waals surface area (Å²) in [5.74, 6) is 0.840. The van der Waals surface area contributed by atoms with Crippen LogP contribution in [0.15, 0.2) is 24.3 Å². The summed E-state index contributed by atoms with van der Waals surface area (Å²) in [7, 11) is 0. The monoisotopic (exact) mass is 474 g/mol. The Bertz CT molecular complexity index is 820. The van der Waals surface area contributed by atoms with Crippen LogP contribution in [0.5, 0.6) is 0 Å². The number of carbonyl (C=O) groups is 1. The molecule has 0 aromatic heterocycles. The molecule has 3 aliphatic carbocycles. The van der Waals surface area contributed by atoms with Gasteiger partial charge < -0.3 is 15.3 Å². The van der Waals surface area contributed by atoms with Crippen LogP contribution >= 0.6 is 0 Å². The SMILES string of the molecule is C=C(C)C1CC[C@]2(C)[C@H](CC[C@H]3[C@@H]([C@@](C)(O)CC=CC(C)(C)O)CC[C@@]32C)[C@@]1(C)CCC(=O)O. The Morgan fingerprint density at radius 2 is 1.65 bits per heavy atom. The average molecular weight is 475 g/mol. The first-order valence-electron chi connectivity index (χ1n) is 13.5. The van der Waals surface area contributed by atoms with Crippen LogP contribution in [0.25, 0.3) is 0 Å². The summed E-state index contributed by atoms with van der Waals surface area (Å²) < 4.78 is 0. The Balaban J connectivity index is 1.91. The zero-order chi connectivity index (χ0) is 25.7. The molecule has 0 amide bonds. The molecule has 3 aliphatic rings. The molecule has 4 heteroatoms. The van der Waals surface area contributed by atoms with Gasteiger partial charge in [-0.15, -0.1) is 0 Å². The predicted octanol–water partition coefficient (Wildman–Crippen LogP) is 6.76. The fourth-order valence-corrected chi connectivity index (χ4v) is 9.13. The largest absolute Gasteiger partial charge is 0.481 e. The van der Waals surface area contributed by atoms with Crippen molar-refractivity contribution in [1.82, 2.24) is 0 Å². The lowest BCUT2D eigenvalue weighted by Crippen LogP contribution is -2.60. The van der Waals surface area contributed by atoms with Crippen molar-refractivity contribution in [3.63, 3.8) is 0 Å². The highest BCUT2D eigenvalue weighted by atomic mass is 16.4. The molecule has 34 heavy (non-hydrogen) atoms. The second-order valence-electron chi connectivity index (χ2n) is 13.7. The third-order valence-electron chi connectivity index (χ3n) is 11.0. The van der Waals surface area contributed by atoms with Gasteiger partial charge in [0.05, 0.1) is 11.2 Å². The summed E-state index contributed by atoms with van der Waals surface area (Å²) in [5.41, 5.74) is -0.254. The van der Waals surface area contributed by atoms with Gasteiger partial charge in [-0.1, -0.05) is 45.1 Å². The molecule has 3 N–H and O–H groups in total. The highest BCUT2D eigenvalue weighted by molar-refractivity contribution is 5.66. The molecule has 4 nitrogen and oxygen atoms in total. The van der Waals surface area contributed by atoms with Gasteiger partial charge in [-0.25, -0.2) is 0 Å². The van der Waals surface area contributed by atoms with E-state index in [1.807, 2.05) is 13.0 Å². The number of rotatable bonds is 8. The molecule has 3 saturated carbocycles. The van der Waals surface area contributed by atoms with Gasteiger partial charge in [0.15, 0.2) is 0 Å². The molecule has 0 aromatic rings. The van der Waals surface area contributed by atoms with Crippen LogP contribution in [-0.4, -0.2) is 32.5 Å². The van der Waals surface area contributed by atoms with E-state index in [-0.39, 0.29) is 28.6 Å². The minimum Gasteiger partial charge on any atom is -0.481 e. The first-order valence-corrected chi connectivity index (χ1v) is 13.5. The first kappa shape index (κ1) is 27.5. The molecule has 0 radical (unpaired) electrons. The molecular weight excluding hydrogens is 424 g/mol. The van der Waals surface area contributed by atoms with E-state index in [1.54, 1.807) is 19.9 Å². The number of fused-ring (bicyclic) bond motifs is 3. The van der Waals surface area contributed by atoms with Crippen LogP contribution in [0, 0.1) is 39.9 Å². The molecule has 8 atom stereocenters. The topological polar surface area (TPSA) is 77.8 Å². The second-order valence-corrected chi connectivity index (χ2v) is 13.7. The van der Waals surface area contributed by atoms with Crippen molar-refractivity contribution in [2.24, 2.45) is 39.9 Å². The van der Waals surface area contributed by atoms with Crippen LogP contribution in [-0.2, 0) is 4.79 Å². The maximum absolute atomic E-state index is 11.6. The lowest BCUT2D eigenvalue weighted by atomic mass is 9.38. The summed E-state index contributed by atoms with van der Waals surface area (Å²) in [6, 6.07) is 0. The lowest BCUT2D eigenvalue weighted by molar-refractivity contribution is -0.178. The van der Waals surface area contributed by atoms with Crippen molar-refractivity contribution < 1.29 is 20.1 Å². The van der Waals surface area contributed by atoms with Gasteiger partial charge in [0.1, 0.15) is 0 Å². The number of hydrogen-bond donors (Lipinski definition) is 3. The molecule has 1 unspecified atom stereocenters. The zero-order valence-electron chi connectivity index (χ0n) is 22.8. The summed E-state index contributed by atoms with van der Waals surface area (Å²) in [5, 5.41) is 31.2. The van der Waals surface area contributed by atoms with Crippen molar-refractivity contribution in [2.45, 2.75) is 117 Å². The van der Waals surface area contributed by atoms with E-state index in [4.69, 9.17) is 0 Å². The zero-order valence-corrected chi connectivity index (χ0v) is 22.8. The molecule has 0 heterocycles. The normalized spacial score (nSPS) is 42.1. The molecule has 3 rings (SSSR count). The van der Waals surface area contributed by atoms with Gasteiger partial charge in [-0.2, -0.15) is 0 Å². The Labute approximate surface area is 207 Å². The first-order chi connectivity index (χ1) is 15.5. The highest BCUT2D eigenvalue weighted by Gasteiger charge is 2.67. The average Bonchev–Trinajstić information content (AvgIpc) is 3.04. The van der Waals surface area contributed by atoms with Gasteiger partial charge >= 0.3 is 5.97 Å². The quantitative estimate of drug-likeness (QED) is 0.340. The van der Waals surface area contributed by atoms with Crippen LogP contribution in [0.4, 0.5) is 0 Å². The highest BCUT2D eigenvalue weighted by Crippen LogP contribution is 2.74. The number of hydrogen-bond acceptors (Lipinski definition) is 3.